The van der Waals surface area contributed by atoms with Gasteiger partial charge in [-0.05, 0) is 54.5 Å². The number of aryl methyl sites for hydroxylation is 1. The van der Waals surface area contributed by atoms with Crippen LogP contribution in [-0.4, -0.2) is 11.5 Å². The van der Waals surface area contributed by atoms with Crippen molar-refractivity contribution in [3.05, 3.63) is 57.8 Å². The Balaban J connectivity index is 2.13. The van der Waals surface area contributed by atoms with Crippen molar-refractivity contribution in [2.45, 2.75) is 33.4 Å². The fourth-order valence-corrected chi connectivity index (χ4v) is 2.43. The highest BCUT2D eigenvalue weighted by atomic mass is 79.9. The molecule has 0 radical (unpaired) electrons. The van der Waals surface area contributed by atoms with E-state index >= 15 is 0 Å². The third-order valence-corrected chi connectivity index (χ3v) is 3.78. The van der Waals surface area contributed by atoms with Gasteiger partial charge in [-0.1, -0.05) is 24.6 Å². The summed E-state index contributed by atoms with van der Waals surface area (Å²) < 4.78 is 6.94. The molecule has 4 heteroatoms. The Morgan fingerprint density at radius 3 is 2.76 bits per heavy atom. The zero-order valence-corrected chi connectivity index (χ0v) is 14.3. The number of benzene rings is 1. The molecule has 21 heavy (non-hydrogen) atoms. The average Bonchev–Trinajstić information content (AvgIpc) is 2.48. The van der Waals surface area contributed by atoms with Crippen molar-refractivity contribution < 1.29 is 4.74 Å². The van der Waals surface area contributed by atoms with E-state index in [0.717, 1.165) is 22.5 Å². The highest BCUT2D eigenvalue weighted by Crippen LogP contribution is 2.27. The monoisotopic (exact) mass is 348 g/mol. The summed E-state index contributed by atoms with van der Waals surface area (Å²) in [5.41, 5.74) is 3.35. The highest BCUT2D eigenvalue weighted by Gasteiger charge is 2.11. The maximum Gasteiger partial charge on any atom is 0.130 e. The van der Waals surface area contributed by atoms with E-state index in [9.17, 15) is 0 Å². The standard InChI is InChI=1S/C17H21BrN2O/c1-4-19-13(3)16-9-12(2)5-8-17(16)21-11-15-7-6-14(18)10-20-15/h5-10,13,19H,4,11H2,1-3H3. The van der Waals surface area contributed by atoms with Gasteiger partial charge in [0.2, 0.25) is 0 Å². The Kier molecular flexibility index (Phi) is 5.76. The van der Waals surface area contributed by atoms with E-state index in [1.807, 2.05) is 18.2 Å². The lowest BCUT2D eigenvalue weighted by molar-refractivity contribution is 0.295. The predicted molar refractivity (Wildman–Crippen MR) is 89.5 cm³/mol. The first-order valence-corrected chi connectivity index (χ1v) is 7.96. The van der Waals surface area contributed by atoms with E-state index in [0.29, 0.717) is 6.61 Å². The van der Waals surface area contributed by atoms with Crippen molar-refractivity contribution in [1.82, 2.24) is 10.3 Å². The molecule has 0 aliphatic rings. The normalized spacial score (nSPS) is 12.2. The largest absolute Gasteiger partial charge is 0.487 e. The van der Waals surface area contributed by atoms with Gasteiger partial charge in [0.1, 0.15) is 12.4 Å². The zero-order chi connectivity index (χ0) is 15.2. The Morgan fingerprint density at radius 2 is 2.10 bits per heavy atom. The van der Waals surface area contributed by atoms with Crippen molar-refractivity contribution in [2.24, 2.45) is 0 Å². The first-order chi connectivity index (χ1) is 10.1. The van der Waals surface area contributed by atoms with Gasteiger partial charge in [-0.15, -0.1) is 0 Å². The maximum absolute atomic E-state index is 5.97. The quantitative estimate of drug-likeness (QED) is 0.839. The summed E-state index contributed by atoms with van der Waals surface area (Å²) in [5, 5.41) is 3.43. The van der Waals surface area contributed by atoms with Crippen molar-refractivity contribution >= 4 is 15.9 Å². The Labute approximate surface area is 134 Å². The number of aromatic nitrogens is 1. The van der Waals surface area contributed by atoms with Crippen molar-refractivity contribution in [1.29, 1.82) is 0 Å². The molecule has 1 aromatic heterocycles. The number of hydrogen-bond donors (Lipinski definition) is 1. The number of rotatable bonds is 6. The van der Waals surface area contributed by atoms with Crippen LogP contribution in [0.5, 0.6) is 5.75 Å². The first-order valence-electron chi connectivity index (χ1n) is 7.17. The Hall–Kier alpha value is -1.39. The van der Waals surface area contributed by atoms with Gasteiger partial charge in [0.05, 0.1) is 5.69 Å². The summed E-state index contributed by atoms with van der Waals surface area (Å²) in [4.78, 5) is 4.33. The van der Waals surface area contributed by atoms with Gasteiger partial charge in [-0.2, -0.15) is 0 Å². The van der Waals surface area contributed by atoms with Crippen LogP contribution in [0.25, 0.3) is 0 Å². The maximum atomic E-state index is 5.97. The van der Waals surface area contributed by atoms with Crippen LogP contribution in [0.3, 0.4) is 0 Å². The van der Waals surface area contributed by atoms with Gasteiger partial charge in [-0.3, -0.25) is 4.98 Å². The summed E-state index contributed by atoms with van der Waals surface area (Å²) in [7, 11) is 0. The molecule has 1 heterocycles. The third-order valence-electron chi connectivity index (χ3n) is 3.31. The second kappa shape index (κ2) is 7.57. The van der Waals surface area contributed by atoms with Crippen LogP contribution in [0, 0.1) is 6.92 Å². The molecule has 0 fully saturated rings. The summed E-state index contributed by atoms with van der Waals surface area (Å²) in [6.45, 7) is 7.77. The Bertz CT molecular complexity index is 584. The molecule has 0 aliphatic carbocycles. The van der Waals surface area contributed by atoms with Gasteiger partial charge in [0.15, 0.2) is 0 Å². The molecular formula is C17H21BrN2O. The van der Waals surface area contributed by atoms with E-state index in [1.165, 1.54) is 11.1 Å². The molecule has 1 unspecified atom stereocenters. The minimum absolute atomic E-state index is 0.266. The minimum atomic E-state index is 0.266. The van der Waals surface area contributed by atoms with E-state index < -0.39 is 0 Å². The number of pyridine rings is 1. The van der Waals surface area contributed by atoms with Crippen molar-refractivity contribution in [3.63, 3.8) is 0 Å². The average molecular weight is 349 g/mol. The summed E-state index contributed by atoms with van der Waals surface area (Å²) in [5.74, 6) is 0.916. The van der Waals surface area contributed by atoms with E-state index in [2.05, 4.69) is 59.1 Å². The van der Waals surface area contributed by atoms with Gasteiger partial charge in [0, 0.05) is 22.3 Å². The number of ether oxygens (including phenoxy) is 1. The van der Waals surface area contributed by atoms with Crippen LogP contribution >= 0.6 is 15.9 Å². The van der Waals surface area contributed by atoms with E-state index in [-0.39, 0.29) is 6.04 Å². The number of nitrogens with zero attached hydrogens (tertiary/aromatic N) is 1. The van der Waals surface area contributed by atoms with Crippen LogP contribution in [-0.2, 0) is 6.61 Å². The van der Waals surface area contributed by atoms with Crippen molar-refractivity contribution in [3.8, 4) is 5.75 Å². The molecule has 0 bridgehead atoms. The van der Waals surface area contributed by atoms with E-state index in [1.54, 1.807) is 6.20 Å². The fraction of sp³-hybridized carbons (Fsp3) is 0.353. The molecule has 1 aromatic carbocycles. The zero-order valence-electron chi connectivity index (χ0n) is 12.7. The molecule has 1 atom stereocenters. The lowest BCUT2D eigenvalue weighted by Crippen LogP contribution is -2.18. The summed E-state index contributed by atoms with van der Waals surface area (Å²) >= 11 is 3.39. The Morgan fingerprint density at radius 1 is 1.29 bits per heavy atom. The molecule has 0 saturated carbocycles. The third kappa shape index (κ3) is 4.55. The minimum Gasteiger partial charge on any atom is -0.487 e. The lowest BCUT2D eigenvalue weighted by atomic mass is 10.0. The molecule has 0 aliphatic heterocycles. The second-order valence-corrected chi connectivity index (χ2v) is 5.99. The molecular weight excluding hydrogens is 328 g/mol. The fourth-order valence-electron chi connectivity index (χ4n) is 2.20. The van der Waals surface area contributed by atoms with Gasteiger partial charge < -0.3 is 10.1 Å². The lowest BCUT2D eigenvalue weighted by Gasteiger charge is -2.18. The SMILES string of the molecule is CCNC(C)c1cc(C)ccc1OCc1ccc(Br)cn1. The number of halogens is 1. The smallest absolute Gasteiger partial charge is 0.130 e. The molecule has 0 spiro atoms. The summed E-state index contributed by atoms with van der Waals surface area (Å²) in [6, 6.07) is 10.5. The van der Waals surface area contributed by atoms with Crippen LogP contribution in [0.4, 0.5) is 0 Å². The molecule has 1 N–H and O–H groups in total. The molecule has 0 saturated heterocycles. The molecule has 3 nitrogen and oxygen atoms in total. The topological polar surface area (TPSA) is 34.1 Å². The van der Waals surface area contributed by atoms with E-state index in [4.69, 9.17) is 4.74 Å². The highest BCUT2D eigenvalue weighted by molar-refractivity contribution is 9.10. The van der Waals surface area contributed by atoms with Crippen LogP contribution < -0.4 is 10.1 Å². The number of nitrogens with one attached hydrogen (secondary N) is 1. The van der Waals surface area contributed by atoms with Gasteiger partial charge in [0.25, 0.3) is 0 Å². The van der Waals surface area contributed by atoms with Crippen molar-refractivity contribution in [2.75, 3.05) is 6.54 Å². The molecule has 112 valence electrons. The predicted octanol–water partition coefficient (Wildman–Crippen LogP) is 4.40. The second-order valence-electron chi connectivity index (χ2n) is 5.08. The number of hydrogen-bond acceptors (Lipinski definition) is 3. The molecule has 0 amide bonds. The molecule has 2 aromatic rings. The summed E-state index contributed by atoms with van der Waals surface area (Å²) in [6.07, 6.45) is 1.79. The van der Waals surface area contributed by atoms with Gasteiger partial charge in [-0.25, -0.2) is 0 Å². The van der Waals surface area contributed by atoms with Crippen LogP contribution in [0.15, 0.2) is 41.0 Å². The van der Waals surface area contributed by atoms with Gasteiger partial charge >= 0.3 is 0 Å². The van der Waals surface area contributed by atoms with Crippen LogP contribution in [0.2, 0.25) is 0 Å². The molecule has 2 rings (SSSR count). The van der Waals surface area contributed by atoms with Crippen LogP contribution in [0.1, 0.15) is 36.7 Å². The first kappa shape index (κ1) is 16.0.